The molecule has 0 aliphatic heterocycles. The fourth-order valence-corrected chi connectivity index (χ4v) is 5.57. The monoisotopic (exact) mass is 442 g/mol. The van der Waals surface area contributed by atoms with E-state index >= 15 is 0 Å². The van der Waals surface area contributed by atoms with Crippen molar-refractivity contribution in [3.8, 4) is 0 Å². The molecule has 2 nitrogen and oxygen atoms in total. The van der Waals surface area contributed by atoms with Crippen molar-refractivity contribution < 1.29 is 10.2 Å². The first-order valence-electron chi connectivity index (χ1n) is 11.8. The van der Waals surface area contributed by atoms with Crippen molar-refractivity contribution in [3.05, 3.63) is 126 Å². The Balaban J connectivity index is 1.61. The Hall–Kier alpha value is -3.72. The average Bonchev–Trinajstić information content (AvgIpc) is 2.91. The molecule has 5 aromatic carbocycles. The molecule has 1 aliphatic rings. The zero-order chi connectivity index (χ0) is 23.1. The van der Waals surface area contributed by atoms with E-state index in [0.29, 0.717) is 6.42 Å². The molecule has 1 aliphatic carbocycles. The van der Waals surface area contributed by atoms with E-state index in [1.54, 1.807) is 0 Å². The second-order valence-corrected chi connectivity index (χ2v) is 9.23. The highest BCUT2D eigenvalue weighted by atomic mass is 16.3. The summed E-state index contributed by atoms with van der Waals surface area (Å²) >= 11 is 0. The van der Waals surface area contributed by atoms with E-state index in [2.05, 4.69) is 54.6 Å². The van der Waals surface area contributed by atoms with Crippen molar-refractivity contribution in [2.24, 2.45) is 5.41 Å². The van der Waals surface area contributed by atoms with Crippen LogP contribution < -0.4 is 0 Å². The van der Waals surface area contributed by atoms with Crippen molar-refractivity contribution in [2.45, 2.75) is 12.5 Å². The smallest absolute Gasteiger partial charge is 0.0918 e. The maximum Gasteiger partial charge on any atom is 0.0918 e. The van der Waals surface area contributed by atoms with Gasteiger partial charge in [-0.15, -0.1) is 0 Å². The van der Waals surface area contributed by atoms with Crippen LogP contribution in [0.4, 0.5) is 0 Å². The van der Waals surface area contributed by atoms with E-state index in [1.165, 1.54) is 10.8 Å². The van der Waals surface area contributed by atoms with Crippen molar-refractivity contribution in [2.75, 3.05) is 6.61 Å². The molecule has 5 aromatic rings. The van der Waals surface area contributed by atoms with Crippen molar-refractivity contribution in [3.63, 3.8) is 0 Å². The molecule has 0 amide bonds. The van der Waals surface area contributed by atoms with Crippen LogP contribution in [-0.2, 0) is 0 Å². The minimum absolute atomic E-state index is 0.149. The molecular weight excluding hydrogens is 416 g/mol. The quantitative estimate of drug-likeness (QED) is 0.228. The maximum atomic E-state index is 12.1. The molecule has 34 heavy (non-hydrogen) atoms. The fraction of sp³-hybridized carbons (Fsp3) is 0.125. The van der Waals surface area contributed by atoms with Crippen LogP contribution in [-0.4, -0.2) is 16.8 Å². The van der Waals surface area contributed by atoms with Crippen LogP contribution >= 0.6 is 0 Å². The average molecular weight is 443 g/mol. The lowest BCUT2D eigenvalue weighted by Crippen LogP contribution is -2.35. The van der Waals surface area contributed by atoms with Gasteiger partial charge in [0.25, 0.3) is 0 Å². The summed E-state index contributed by atoms with van der Waals surface area (Å²) in [5, 5.41) is 29.6. The Bertz CT molecular complexity index is 1580. The molecular formula is C32H26O2. The summed E-state index contributed by atoms with van der Waals surface area (Å²) in [6, 6.07) is 33.3. The molecule has 0 heterocycles. The van der Waals surface area contributed by atoms with Gasteiger partial charge in [0.1, 0.15) is 0 Å². The van der Waals surface area contributed by atoms with Crippen LogP contribution in [0.3, 0.4) is 0 Å². The summed E-state index contributed by atoms with van der Waals surface area (Å²) in [7, 11) is 0. The van der Waals surface area contributed by atoms with Gasteiger partial charge >= 0.3 is 0 Å². The molecule has 0 saturated carbocycles. The molecule has 0 spiro atoms. The van der Waals surface area contributed by atoms with Gasteiger partial charge in [-0.25, -0.2) is 0 Å². The Morgan fingerprint density at radius 1 is 0.735 bits per heavy atom. The minimum Gasteiger partial charge on any atom is -0.395 e. The number of aliphatic hydroxyl groups is 2. The molecule has 0 aromatic heterocycles. The Morgan fingerprint density at radius 2 is 1.44 bits per heavy atom. The third-order valence-electron chi connectivity index (χ3n) is 7.36. The van der Waals surface area contributed by atoms with Crippen LogP contribution in [0.5, 0.6) is 0 Å². The highest BCUT2D eigenvalue weighted by Gasteiger charge is 2.43. The Labute approximate surface area is 199 Å². The summed E-state index contributed by atoms with van der Waals surface area (Å²) in [4.78, 5) is 0. The fourth-order valence-electron chi connectivity index (χ4n) is 5.57. The number of fused-ring (bicyclic) bond motifs is 4. The molecule has 0 bridgehead atoms. The summed E-state index contributed by atoms with van der Waals surface area (Å²) in [5.41, 5.74) is 2.01. The first-order valence-corrected chi connectivity index (χ1v) is 11.8. The lowest BCUT2D eigenvalue weighted by atomic mass is 9.66. The number of rotatable bonds is 4. The SMILES string of the molecule is OCC1(C(O)c2cccc3ccc4cc5ccccc5cc4c23)CC=CC=C1c1ccccc1. The van der Waals surface area contributed by atoms with Gasteiger partial charge in [0.2, 0.25) is 0 Å². The predicted octanol–water partition coefficient (Wildman–Crippen LogP) is 7.20. The van der Waals surface area contributed by atoms with Crippen molar-refractivity contribution in [1.29, 1.82) is 0 Å². The molecule has 0 fully saturated rings. The number of hydrogen-bond acceptors (Lipinski definition) is 2. The second-order valence-electron chi connectivity index (χ2n) is 9.23. The molecule has 0 radical (unpaired) electrons. The number of allylic oxidation sites excluding steroid dienone is 3. The zero-order valence-electron chi connectivity index (χ0n) is 18.9. The third-order valence-corrected chi connectivity index (χ3v) is 7.36. The van der Waals surface area contributed by atoms with Gasteiger partial charge < -0.3 is 10.2 Å². The highest BCUT2D eigenvalue weighted by molar-refractivity contribution is 6.13. The van der Waals surface area contributed by atoms with Gasteiger partial charge in [-0.3, -0.25) is 0 Å². The van der Waals surface area contributed by atoms with Crippen LogP contribution in [0.15, 0.2) is 115 Å². The molecule has 2 N–H and O–H groups in total. The van der Waals surface area contributed by atoms with Gasteiger partial charge in [0, 0.05) is 0 Å². The molecule has 2 unspecified atom stereocenters. The lowest BCUT2D eigenvalue weighted by Gasteiger charge is -2.40. The van der Waals surface area contributed by atoms with Crippen LogP contribution in [0, 0.1) is 5.41 Å². The van der Waals surface area contributed by atoms with Crippen molar-refractivity contribution in [1.82, 2.24) is 0 Å². The first kappa shape index (κ1) is 20.9. The topological polar surface area (TPSA) is 40.5 Å². The van der Waals surface area contributed by atoms with Crippen molar-refractivity contribution >= 4 is 37.9 Å². The van der Waals surface area contributed by atoms with Gasteiger partial charge in [0.05, 0.1) is 18.1 Å². The van der Waals surface area contributed by atoms with Crippen LogP contribution in [0.1, 0.15) is 23.7 Å². The normalized spacial score (nSPS) is 18.9. The summed E-state index contributed by atoms with van der Waals surface area (Å²) in [6.45, 7) is -0.149. The summed E-state index contributed by atoms with van der Waals surface area (Å²) in [6.07, 6.45) is 5.79. The van der Waals surface area contributed by atoms with Gasteiger partial charge in [-0.05, 0) is 67.6 Å². The van der Waals surface area contributed by atoms with Gasteiger partial charge in [-0.2, -0.15) is 0 Å². The third kappa shape index (κ3) is 3.19. The zero-order valence-corrected chi connectivity index (χ0v) is 18.9. The molecule has 2 atom stereocenters. The minimum atomic E-state index is -0.880. The molecule has 166 valence electrons. The van der Waals surface area contributed by atoms with E-state index in [9.17, 15) is 10.2 Å². The van der Waals surface area contributed by atoms with Crippen LogP contribution in [0.25, 0.3) is 37.9 Å². The number of hydrogen-bond donors (Lipinski definition) is 2. The van der Waals surface area contributed by atoms with E-state index < -0.39 is 11.5 Å². The molecule has 0 saturated heterocycles. The van der Waals surface area contributed by atoms with E-state index in [-0.39, 0.29) is 6.61 Å². The first-order chi connectivity index (χ1) is 16.7. The lowest BCUT2D eigenvalue weighted by molar-refractivity contribution is 0.0236. The molecule has 6 rings (SSSR count). The predicted molar refractivity (Wildman–Crippen MR) is 142 cm³/mol. The second kappa shape index (κ2) is 8.25. The van der Waals surface area contributed by atoms with E-state index in [4.69, 9.17) is 0 Å². The standard InChI is InChI=1S/C32H26O2/c33-21-32(18-7-6-15-29(32)22-9-2-1-3-10-22)31(34)27-14-8-13-23-16-17-26-19-24-11-4-5-12-25(24)20-28(26)30(23)27/h1-17,19-20,31,33-34H,18,21H2. The number of benzene rings is 5. The Kier molecular flexibility index (Phi) is 5.06. The maximum absolute atomic E-state index is 12.1. The highest BCUT2D eigenvalue weighted by Crippen LogP contribution is 2.51. The largest absolute Gasteiger partial charge is 0.395 e. The van der Waals surface area contributed by atoms with E-state index in [0.717, 1.165) is 38.2 Å². The van der Waals surface area contributed by atoms with E-state index in [1.807, 2.05) is 60.7 Å². The van der Waals surface area contributed by atoms with Gasteiger partial charge in [0.15, 0.2) is 0 Å². The van der Waals surface area contributed by atoms with Crippen LogP contribution in [0.2, 0.25) is 0 Å². The summed E-state index contributed by atoms with van der Waals surface area (Å²) < 4.78 is 0. The number of aliphatic hydroxyl groups excluding tert-OH is 2. The summed E-state index contributed by atoms with van der Waals surface area (Å²) in [5.74, 6) is 0. The molecule has 2 heteroatoms. The van der Waals surface area contributed by atoms with Gasteiger partial charge in [-0.1, -0.05) is 103 Å². The Morgan fingerprint density at radius 3 is 2.24 bits per heavy atom.